The highest BCUT2D eigenvalue weighted by atomic mass is 16.5. The van der Waals surface area contributed by atoms with E-state index in [1.807, 2.05) is 0 Å². The molecule has 1 fully saturated rings. The minimum absolute atomic E-state index is 0.0284. The largest absolute Gasteiger partial charge is 0.377 e. The summed E-state index contributed by atoms with van der Waals surface area (Å²) in [4.78, 5) is 0. The second-order valence-corrected chi connectivity index (χ2v) is 2.75. The van der Waals surface area contributed by atoms with Gasteiger partial charge in [0.2, 0.25) is 0 Å². The van der Waals surface area contributed by atoms with Gasteiger partial charge in [-0.1, -0.05) is 0 Å². The molecule has 0 aromatic carbocycles. The molecule has 0 atom stereocenters. The molecule has 54 valence electrons. The molecule has 0 radical (unpaired) electrons. The first-order valence-corrected chi connectivity index (χ1v) is 3.33. The Morgan fingerprint density at radius 1 is 1.44 bits per heavy atom. The van der Waals surface area contributed by atoms with Crippen LogP contribution >= 0.6 is 0 Å². The lowest BCUT2D eigenvalue weighted by molar-refractivity contribution is -0.0577. The normalized spacial score (nSPS) is 23.3. The molecule has 1 rings (SSSR count). The summed E-state index contributed by atoms with van der Waals surface area (Å²) in [6.07, 6.45) is 2.02. The Bertz CT molecular complexity index is 91.1. The summed E-state index contributed by atoms with van der Waals surface area (Å²) in [5, 5.41) is 0. The van der Waals surface area contributed by atoms with Crippen LogP contribution in [0.15, 0.2) is 0 Å². The molecule has 9 heavy (non-hydrogen) atoms. The molecule has 0 aromatic heterocycles. The van der Waals surface area contributed by atoms with Crippen molar-refractivity contribution < 1.29 is 4.74 Å². The summed E-state index contributed by atoms with van der Waals surface area (Å²) in [6, 6.07) is 0. The van der Waals surface area contributed by atoms with E-state index in [4.69, 9.17) is 16.2 Å². The highest BCUT2D eigenvalue weighted by Crippen LogP contribution is 2.18. The van der Waals surface area contributed by atoms with Crippen LogP contribution in [0.25, 0.3) is 0 Å². The van der Waals surface area contributed by atoms with Gasteiger partial charge in [-0.05, 0) is 19.4 Å². The van der Waals surface area contributed by atoms with Gasteiger partial charge in [0.25, 0.3) is 0 Å². The number of hydrogen-bond acceptors (Lipinski definition) is 3. The molecule has 0 unspecified atom stereocenters. The summed E-state index contributed by atoms with van der Waals surface area (Å²) in [6.45, 7) is 2.17. The van der Waals surface area contributed by atoms with Crippen LogP contribution in [0, 0.1) is 0 Å². The van der Waals surface area contributed by atoms with Crippen molar-refractivity contribution in [1.82, 2.24) is 0 Å². The Hall–Kier alpha value is -0.120. The SMILES string of the molecule is NCCCC1(N)COC1. The summed E-state index contributed by atoms with van der Waals surface area (Å²) in [5.41, 5.74) is 11.1. The standard InChI is InChI=1S/C6H14N2O/c7-3-1-2-6(8)4-9-5-6/h1-5,7-8H2. The summed E-state index contributed by atoms with van der Waals surface area (Å²) in [7, 11) is 0. The summed E-state index contributed by atoms with van der Waals surface area (Å²) in [5.74, 6) is 0. The van der Waals surface area contributed by atoms with Crippen LogP contribution in [0.4, 0.5) is 0 Å². The topological polar surface area (TPSA) is 61.3 Å². The highest BCUT2D eigenvalue weighted by Gasteiger charge is 2.32. The number of rotatable bonds is 3. The van der Waals surface area contributed by atoms with E-state index in [-0.39, 0.29) is 5.54 Å². The fraction of sp³-hybridized carbons (Fsp3) is 1.00. The lowest BCUT2D eigenvalue weighted by Crippen LogP contribution is -2.57. The van der Waals surface area contributed by atoms with Crippen molar-refractivity contribution in [2.75, 3.05) is 19.8 Å². The lowest BCUT2D eigenvalue weighted by atomic mass is 9.93. The van der Waals surface area contributed by atoms with Crippen molar-refractivity contribution in [2.24, 2.45) is 11.5 Å². The Labute approximate surface area is 55.4 Å². The van der Waals surface area contributed by atoms with Gasteiger partial charge in [-0.15, -0.1) is 0 Å². The summed E-state index contributed by atoms with van der Waals surface area (Å²) < 4.78 is 4.97. The first-order chi connectivity index (χ1) is 4.27. The van der Waals surface area contributed by atoms with Crippen molar-refractivity contribution in [3.63, 3.8) is 0 Å². The van der Waals surface area contributed by atoms with E-state index in [2.05, 4.69) is 0 Å². The van der Waals surface area contributed by atoms with Crippen LogP contribution in [-0.2, 0) is 4.74 Å². The van der Waals surface area contributed by atoms with Gasteiger partial charge in [-0.3, -0.25) is 0 Å². The second-order valence-electron chi connectivity index (χ2n) is 2.75. The predicted octanol–water partition coefficient (Wildman–Crippen LogP) is -0.547. The van der Waals surface area contributed by atoms with Gasteiger partial charge >= 0.3 is 0 Å². The molecule has 0 bridgehead atoms. The number of nitrogens with two attached hydrogens (primary N) is 2. The number of hydrogen-bond donors (Lipinski definition) is 2. The molecule has 1 heterocycles. The molecule has 3 heteroatoms. The van der Waals surface area contributed by atoms with Gasteiger partial charge in [0.05, 0.1) is 18.8 Å². The monoisotopic (exact) mass is 130 g/mol. The second kappa shape index (κ2) is 2.64. The van der Waals surface area contributed by atoms with E-state index in [0.29, 0.717) is 13.2 Å². The average molecular weight is 130 g/mol. The van der Waals surface area contributed by atoms with Gasteiger partial charge in [0.15, 0.2) is 0 Å². The molecule has 4 N–H and O–H groups in total. The van der Waals surface area contributed by atoms with Crippen LogP contribution < -0.4 is 11.5 Å². The van der Waals surface area contributed by atoms with Gasteiger partial charge in [0.1, 0.15) is 0 Å². The smallest absolute Gasteiger partial charge is 0.0669 e. The molecule has 1 aliphatic rings. The molecule has 3 nitrogen and oxygen atoms in total. The first kappa shape index (κ1) is 6.99. The van der Waals surface area contributed by atoms with E-state index >= 15 is 0 Å². The van der Waals surface area contributed by atoms with Crippen molar-refractivity contribution in [3.05, 3.63) is 0 Å². The molecule has 0 spiro atoms. The van der Waals surface area contributed by atoms with Crippen LogP contribution in [-0.4, -0.2) is 25.3 Å². The highest BCUT2D eigenvalue weighted by molar-refractivity contribution is 4.90. The van der Waals surface area contributed by atoms with Crippen LogP contribution in [0.2, 0.25) is 0 Å². The van der Waals surface area contributed by atoms with Crippen molar-refractivity contribution in [2.45, 2.75) is 18.4 Å². The van der Waals surface area contributed by atoms with Crippen LogP contribution in [0.5, 0.6) is 0 Å². The first-order valence-electron chi connectivity index (χ1n) is 3.33. The van der Waals surface area contributed by atoms with Gasteiger partial charge in [0, 0.05) is 0 Å². The maximum absolute atomic E-state index is 5.81. The van der Waals surface area contributed by atoms with Gasteiger partial charge in [-0.25, -0.2) is 0 Å². The van der Waals surface area contributed by atoms with Crippen LogP contribution in [0.3, 0.4) is 0 Å². The fourth-order valence-corrected chi connectivity index (χ4v) is 0.963. The molecular formula is C6H14N2O. The number of ether oxygens (including phenoxy) is 1. The molecule has 1 aliphatic heterocycles. The Kier molecular flexibility index (Phi) is 2.05. The maximum Gasteiger partial charge on any atom is 0.0669 e. The van der Waals surface area contributed by atoms with Crippen molar-refractivity contribution >= 4 is 0 Å². The molecule has 1 saturated heterocycles. The van der Waals surface area contributed by atoms with Crippen molar-refractivity contribution in [1.29, 1.82) is 0 Å². The van der Waals surface area contributed by atoms with Crippen LogP contribution in [0.1, 0.15) is 12.8 Å². The zero-order chi connectivity index (χ0) is 6.74. The van der Waals surface area contributed by atoms with E-state index < -0.39 is 0 Å². The zero-order valence-corrected chi connectivity index (χ0v) is 5.60. The minimum atomic E-state index is -0.0284. The summed E-state index contributed by atoms with van der Waals surface area (Å²) >= 11 is 0. The van der Waals surface area contributed by atoms with Gasteiger partial charge in [-0.2, -0.15) is 0 Å². The zero-order valence-electron chi connectivity index (χ0n) is 5.60. The molecular weight excluding hydrogens is 116 g/mol. The maximum atomic E-state index is 5.81. The van der Waals surface area contributed by atoms with Crippen molar-refractivity contribution in [3.8, 4) is 0 Å². The third kappa shape index (κ3) is 1.64. The quantitative estimate of drug-likeness (QED) is 0.539. The molecule has 0 amide bonds. The Balaban J connectivity index is 2.09. The Morgan fingerprint density at radius 3 is 2.44 bits per heavy atom. The Morgan fingerprint density at radius 2 is 2.11 bits per heavy atom. The predicted molar refractivity (Wildman–Crippen MR) is 36.0 cm³/mol. The third-order valence-corrected chi connectivity index (χ3v) is 1.66. The van der Waals surface area contributed by atoms with E-state index in [1.54, 1.807) is 0 Å². The third-order valence-electron chi connectivity index (χ3n) is 1.66. The van der Waals surface area contributed by atoms with E-state index in [1.165, 1.54) is 0 Å². The minimum Gasteiger partial charge on any atom is -0.377 e. The van der Waals surface area contributed by atoms with E-state index in [9.17, 15) is 0 Å². The fourth-order valence-electron chi connectivity index (χ4n) is 0.963. The van der Waals surface area contributed by atoms with Gasteiger partial charge < -0.3 is 16.2 Å². The average Bonchev–Trinajstić information content (AvgIpc) is 1.79. The lowest BCUT2D eigenvalue weighted by Gasteiger charge is -2.37. The van der Waals surface area contributed by atoms with E-state index in [0.717, 1.165) is 19.4 Å². The molecule has 0 saturated carbocycles. The molecule has 0 aliphatic carbocycles. The molecule has 0 aromatic rings.